The van der Waals surface area contributed by atoms with Crippen molar-refractivity contribution in [2.45, 2.75) is 32.0 Å². The standard InChI is InChI=1S/C12H13ClF3N/c1-11(2)9(10(11)17)6-3-7(12(14,15)16)5-8(13)4-6/h3-5,9-10H,17H2,1-2H3/t9-,10-/m0/s1. The molecule has 1 aliphatic rings. The molecule has 2 rings (SSSR count). The van der Waals surface area contributed by atoms with Gasteiger partial charge in [0.15, 0.2) is 0 Å². The highest BCUT2D eigenvalue weighted by atomic mass is 35.5. The molecule has 2 N–H and O–H groups in total. The van der Waals surface area contributed by atoms with E-state index in [2.05, 4.69) is 0 Å². The number of rotatable bonds is 1. The lowest BCUT2D eigenvalue weighted by Crippen LogP contribution is -2.07. The van der Waals surface area contributed by atoms with Crippen molar-refractivity contribution >= 4 is 11.6 Å². The molecule has 1 aliphatic carbocycles. The van der Waals surface area contributed by atoms with Crippen LogP contribution in [-0.4, -0.2) is 6.04 Å². The summed E-state index contributed by atoms with van der Waals surface area (Å²) in [6.45, 7) is 3.88. The summed E-state index contributed by atoms with van der Waals surface area (Å²) in [5, 5.41) is 0.102. The van der Waals surface area contributed by atoms with Gasteiger partial charge in [0.25, 0.3) is 0 Å². The van der Waals surface area contributed by atoms with Gasteiger partial charge in [0.05, 0.1) is 5.56 Å². The fourth-order valence-electron chi connectivity index (χ4n) is 2.27. The third-order valence-corrected chi connectivity index (χ3v) is 3.74. The van der Waals surface area contributed by atoms with Crippen molar-refractivity contribution in [2.24, 2.45) is 11.1 Å². The van der Waals surface area contributed by atoms with Gasteiger partial charge >= 0.3 is 6.18 Å². The van der Waals surface area contributed by atoms with E-state index in [1.54, 1.807) is 6.07 Å². The van der Waals surface area contributed by atoms with Crippen molar-refractivity contribution in [3.05, 3.63) is 34.3 Å². The number of alkyl halides is 3. The summed E-state index contributed by atoms with van der Waals surface area (Å²) in [5.74, 6) is -0.0534. The molecule has 0 aliphatic heterocycles. The highest BCUT2D eigenvalue weighted by Crippen LogP contribution is 2.57. The van der Waals surface area contributed by atoms with Gasteiger partial charge in [-0.05, 0) is 29.2 Å². The highest BCUT2D eigenvalue weighted by Gasteiger charge is 2.56. The van der Waals surface area contributed by atoms with Crippen LogP contribution in [0.25, 0.3) is 0 Å². The van der Waals surface area contributed by atoms with Crippen molar-refractivity contribution in [2.75, 3.05) is 0 Å². The van der Waals surface area contributed by atoms with Crippen LogP contribution in [0, 0.1) is 5.41 Å². The fourth-order valence-corrected chi connectivity index (χ4v) is 2.51. The summed E-state index contributed by atoms with van der Waals surface area (Å²) < 4.78 is 37.9. The molecule has 1 aromatic rings. The molecule has 2 atom stereocenters. The normalized spacial score (nSPS) is 27.0. The predicted octanol–water partition coefficient (Wildman–Crippen LogP) is 3.81. The fraction of sp³-hybridized carbons (Fsp3) is 0.500. The third kappa shape index (κ3) is 2.16. The number of hydrogen-bond acceptors (Lipinski definition) is 1. The Morgan fingerprint density at radius 2 is 1.76 bits per heavy atom. The molecular weight excluding hydrogens is 251 g/mol. The second-order valence-corrected chi connectivity index (χ2v) is 5.53. The summed E-state index contributed by atoms with van der Waals surface area (Å²) in [6, 6.07) is 3.54. The first kappa shape index (κ1) is 12.7. The topological polar surface area (TPSA) is 26.0 Å². The van der Waals surface area contributed by atoms with Crippen LogP contribution in [0.5, 0.6) is 0 Å². The minimum Gasteiger partial charge on any atom is -0.327 e. The molecule has 0 aromatic heterocycles. The predicted molar refractivity (Wildman–Crippen MR) is 61.0 cm³/mol. The number of benzene rings is 1. The molecule has 1 aromatic carbocycles. The maximum atomic E-state index is 12.6. The second kappa shape index (κ2) is 3.62. The van der Waals surface area contributed by atoms with Gasteiger partial charge in [0.1, 0.15) is 0 Å². The van der Waals surface area contributed by atoms with E-state index in [1.807, 2.05) is 13.8 Å². The molecule has 0 spiro atoms. The van der Waals surface area contributed by atoms with E-state index in [0.29, 0.717) is 5.56 Å². The first-order valence-corrected chi connectivity index (χ1v) is 5.65. The summed E-state index contributed by atoms with van der Waals surface area (Å²) in [7, 11) is 0. The lowest BCUT2D eigenvalue weighted by atomic mass is 10.0. The Morgan fingerprint density at radius 3 is 2.18 bits per heavy atom. The van der Waals surface area contributed by atoms with Crippen LogP contribution in [-0.2, 0) is 6.18 Å². The van der Waals surface area contributed by atoms with Gasteiger partial charge in [-0.2, -0.15) is 13.2 Å². The van der Waals surface area contributed by atoms with Crippen LogP contribution >= 0.6 is 11.6 Å². The molecule has 0 saturated heterocycles. The monoisotopic (exact) mass is 263 g/mol. The molecule has 0 amide bonds. The molecule has 1 fully saturated rings. The molecule has 0 unspecified atom stereocenters. The van der Waals surface area contributed by atoms with Crippen molar-refractivity contribution in [1.82, 2.24) is 0 Å². The van der Waals surface area contributed by atoms with Crippen molar-refractivity contribution in [3.8, 4) is 0 Å². The SMILES string of the molecule is CC1(C)[C@@H](N)[C@@H]1c1cc(Cl)cc(C(F)(F)F)c1. The van der Waals surface area contributed by atoms with Gasteiger partial charge in [0, 0.05) is 17.0 Å². The van der Waals surface area contributed by atoms with Crippen LogP contribution < -0.4 is 5.73 Å². The molecule has 1 saturated carbocycles. The number of halogens is 4. The molecule has 5 heteroatoms. The maximum absolute atomic E-state index is 12.6. The number of hydrogen-bond donors (Lipinski definition) is 1. The highest BCUT2D eigenvalue weighted by molar-refractivity contribution is 6.30. The molecule has 94 valence electrons. The van der Waals surface area contributed by atoms with Gasteiger partial charge in [-0.3, -0.25) is 0 Å². The van der Waals surface area contributed by atoms with Crippen molar-refractivity contribution < 1.29 is 13.2 Å². The molecular formula is C12H13ClF3N. The Labute approximate surface area is 103 Å². The molecule has 0 radical (unpaired) electrons. The lowest BCUT2D eigenvalue weighted by Gasteiger charge is -2.10. The van der Waals surface area contributed by atoms with Gasteiger partial charge < -0.3 is 5.73 Å². The Morgan fingerprint density at radius 1 is 1.24 bits per heavy atom. The van der Waals surface area contributed by atoms with Crippen LogP contribution in [0.1, 0.15) is 30.9 Å². The maximum Gasteiger partial charge on any atom is 0.416 e. The van der Waals surface area contributed by atoms with E-state index in [1.165, 1.54) is 0 Å². The Balaban J connectivity index is 2.41. The second-order valence-electron chi connectivity index (χ2n) is 5.10. The van der Waals surface area contributed by atoms with Gasteiger partial charge in [0.2, 0.25) is 0 Å². The Bertz CT molecular complexity index is 454. The smallest absolute Gasteiger partial charge is 0.327 e. The van der Waals surface area contributed by atoms with Gasteiger partial charge in [-0.1, -0.05) is 25.4 Å². The van der Waals surface area contributed by atoms with E-state index in [9.17, 15) is 13.2 Å². The van der Waals surface area contributed by atoms with Crippen molar-refractivity contribution in [1.29, 1.82) is 0 Å². The number of nitrogens with two attached hydrogens (primary N) is 1. The van der Waals surface area contributed by atoms with Gasteiger partial charge in [-0.15, -0.1) is 0 Å². The first-order valence-electron chi connectivity index (χ1n) is 5.27. The summed E-state index contributed by atoms with van der Waals surface area (Å²) in [5.41, 5.74) is 5.56. The van der Waals surface area contributed by atoms with Crippen molar-refractivity contribution in [3.63, 3.8) is 0 Å². The minimum absolute atomic E-state index is 0.0534. The Kier molecular flexibility index (Phi) is 2.71. The summed E-state index contributed by atoms with van der Waals surface area (Å²) in [4.78, 5) is 0. The van der Waals surface area contributed by atoms with E-state index in [0.717, 1.165) is 12.1 Å². The van der Waals surface area contributed by atoms with E-state index in [4.69, 9.17) is 17.3 Å². The quantitative estimate of drug-likeness (QED) is 0.819. The zero-order valence-corrected chi connectivity index (χ0v) is 10.2. The molecule has 1 nitrogen and oxygen atoms in total. The average Bonchev–Trinajstić information content (AvgIpc) is 2.63. The van der Waals surface area contributed by atoms with Crippen LogP contribution in [0.2, 0.25) is 5.02 Å². The zero-order valence-electron chi connectivity index (χ0n) is 9.48. The molecule has 0 bridgehead atoms. The Hall–Kier alpha value is -0.740. The molecule has 0 heterocycles. The van der Waals surface area contributed by atoms with Crippen LogP contribution in [0.15, 0.2) is 18.2 Å². The average molecular weight is 264 g/mol. The summed E-state index contributed by atoms with van der Waals surface area (Å²) in [6.07, 6.45) is -4.37. The van der Waals surface area contributed by atoms with Gasteiger partial charge in [-0.25, -0.2) is 0 Å². The molecule has 17 heavy (non-hydrogen) atoms. The van der Waals surface area contributed by atoms with E-state index in [-0.39, 0.29) is 22.4 Å². The minimum atomic E-state index is -4.37. The lowest BCUT2D eigenvalue weighted by molar-refractivity contribution is -0.137. The van der Waals surface area contributed by atoms with Crippen LogP contribution in [0.4, 0.5) is 13.2 Å². The first-order chi connectivity index (χ1) is 7.64. The van der Waals surface area contributed by atoms with Crippen LogP contribution in [0.3, 0.4) is 0 Å². The van der Waals surface area contributed by atoms with E-state index < -0.39 is 11.7 Å². The third-order valence-electron chi connectivity index (χ3n) is 3.52. The largest absolute Gasteiger partial charge is 0.416 e. The summed E-state index contributed by atoms with van der Waals surface area (Å²) >= 11 is 5.73. The van der Waals surface area contributed by atoms with E-state index >= 15 is 0 Å². The zero-order chi connectivity index (χ0) is 13.0.